The Morgan fingerprint density at radius 2 is 2.00 bits per heavy atom. The van der Waals surface area contributed by atoms with Crippen LogP contribution in [-0.4, -0.2) is 47.5 Å². The number of nitrogens with one attached hydrogen (secondary N) is 1. The largest absolute Gasteiger partial charge is 0.381 e. The Morgan fingerprint density at radius 1 is 1.28 bits per heavy atom. The summed E-state index contributed by atoms with van der Waals surface area (Å²) in [5.41, 5.74) is 2.47. The van der Waals surface area contributed by atoms with E-state index in [9.17, 15) is 0 Å². The number of nitrogens with two attached hydrogens (primary N) is 1. The maximum atomic E-state index is 5.37. The number of hydrogen-bond donors (Lipinski definition) is 2. The summed E-state index contributed by atoms with van der Waals surface area (Å²) < 4.78 is 5.34. The van der Waals surface area contributed by atoms with Crippen molar-refractivity contribution < 1.29 is 4.74 Å². The first-order chi connectivity index (χ1) is 8.69. The molecule has 1 fully saturated rings. The van der Waals surface area contributed by atoms with Gasteiger partial charge in [-0.3, -0.25) is 5.43 Å². The molecule has 0 spiro atoms. The van der Waals surface area contributed by atoms with Crippen LogP contribution in [0.4, 0.5) is 11.9 Å². The highest BCUT2D eigenvalue weighted by Gasteiger charge is 2.18. The second-order valence-corrected chi connectivity index (χ2v) is 5.48. The van der Waals surface area contributed by atoms with E-state index in [0.717, 1.165) is 26.1 Å². The molecular formula is C10H18N6OS. The molecule has 0 bridgehead atoms. The van der Waals surface area contributed by atoms with Gasteiger partial charge in [-0.1, -0.05) is 11.8 Å². The van der Waals surface area contributed by atoms with Crippen molar-refractivity contribution in [3.8, 4) is 0 Å². The van der Waals surface area contributed by atoms with Crippen LogP contribution >= 0.6 is 11.8 Å². The van der Waals surface area contributed by atoms with E-state index < -0.39 is 0 Å². The van der Waals surface area contributed by atoms with Gasteiger partial charge >= 0.3 is 0 Å². The van der Waals surface area contributed by atoms with Crippen molar-refractivity contribution in [2.24, 2.45) is 5.84 Å². The summed E-state index contributed by atoms with van der Waals surface area (Å²) in [4.78, 5) is 14.7. The lowest BCUT2D eigenvalue weighted by Crippen LogP contribution is -2.20. The molecule has 0 aromatic carbocycles. The molecule has 1 saturated heterocycles. The summed E-state index contributed by atoms with van der Waals surface area (Å²) in [6, 6.07) is 0. The quantitative estimate of drug-likeness (QED) is 0.604. The highest BCUT2D eigenvalue weighted by Crippen LogP contribution is 2.28. The molecule has 7 nitrogen and oxygen atoms in total. The van der Waals surface area contributed by atoms with Crippen molar-refractivity contribution in [1.29, 1.82) is 0 Å². The van der Waals surface area contributed by atoms with Crippen LogP contribution in [0.1, 0.15) is 12.8 Å². The van der Waals surface area contributed by atoms with Crippen LogP contribution in [0.3, 0.4) is 0 Å². The Bertz CT molecular complexity index is 396. The van der Waals surface area contributed by atoms with Gasteiger partial charge in [-0.05, 0) is 12.8 Å². The van der Waals surface area contributed by atoms with Crippen LogP contribution in [0, 0.1) is 0 Å². The third-order valence-electron chi connectivity index (χ3n) is 2.57. The molecule has 0 atom stereocenters. The average Bonchev–Trinajstić information content (AvgIpc) is 2.39. The van der Waals surface area contributed by atoms with E-state index in [1.54, 1.807) is 11.8 Å². The minimum Gasteiger partial charge on any atom is -0.381 e. The van der Waals surface area contributed by atoms with Gasteiger partial charge in [-0.15, -0.1) is 0 Å². The van der Waals surface area contributed by atoms with E-state index in [1.807, 2.05) is 19.0 Å². The van der Waals surface area contributed by atoms with Gasteiger partial charge in [0.05, 0.1) is 0 Å². The summed E-state index contributed by atoms with van der Waals surface area (Å²) in [7, 11) is 3.77. The highest BCUT2D eigenvalue weighted by atomic mass is 32.2. The van der Waals surface area contributed by atoms with Crippen molar-refractivity contribution in [3.05, 3.63) is 0 Å². The summed E-state index contributed by atoms with van der Waals surface area (Å²) in [6.07, 6.45) is 2.05. The van der Waals surface area contributed by atoms with Crippen LogP contribution in [0.25, 0.3) is 0 Å². The molecule has 1 aliphatic heterocycles. The molecule has 1 aliphatic rings. The molecule has 18 heavy (non-hydrogen) atoms. The Kier molecular flexibility index (Phi) is 4.56. The number of thioether (sulfide) groups is 1. The first-order valence-electron chi connectivity index (χ1n) is 5.83. The maximum Gasteiger partial charge on any atom is 0.242 e. The number of aromatic nitrogens is 3. The fraction of sp³-hybridized carbons (Fsp3) is 0.700. The summed E-state index contributed by atoms with van der Waals surface area (Å²) in [6.45, 7) is 1.62. The van der Waals surface area contributed by atoms with Gasteiger partial charge < -0.3 is 9.64 Å². The van der Waals surface area contributed by atoms with Crippen LogP contribution in [0.15, 0.2) is 5.16 Å². The number of nitrogens with zero attached hydrogens (tertiary/aromatic N) is 4. The number of ether oxygens (including phenoxy) is 1. The van der Waals surface area contributed by atoms with Crippen LogP contribution in [-0.2, 0) is 4.74 Å². The van der Waals surface area contributed by atoms with Crippen molar-refractivity contribution in [2.45, 2.75) is 23.2 Å². The van der Waals surface area contributed by atoms with E-state index in [2.05, 4.69) is 20.4 Å². The second kappa shape index (κ2) is 6.17. The molecule has 100 valence electrons. The van der Waals surface area contributed by atoms with Crippen molar-refractivity contribution in [3.63, 3.8) is 0 Å². The van der Waals surface area contributed by atoms with E-state index >= 15 is 0 Å². The summed E-state index contributed by atoms with van der Waals surface area (Å²) >= 11 is 1.66. The van der Waals surface area contributed by atoms with Crippen LogP contribution < -0.4 is 16.2 Å². The predicted molar refractivity (Wildman–Crippen MR) is 71.7 cm³/mol. The van der Waals surface area contributed by atoms with Gasteiger partial charge in [0.15, 0.2) is 5.16 Å². The molecule has 3 N–H and O–H groups in total. The Hall–Kier alpha value is -1.12. The second-order valence-electron chi connectivity index (χ2n) is 4.21. The molecule has 2 heterocycles. The molecule has 1 aromatic heterocycles. The molecule has 0 unspecified atom stereocenters. The molecular weight excluding hydrogens is 252 g/mol. The zero-order valence-corrected chi connectivity index (χ0v) is 11.4. The predicted octanol–water partition coefficient (Wildman–Crippen LogP) is 0.494. The highest BCUT2D eigenvalue weighted by molar-refractivity contribution is 7.99. The fourth-order valence-corrected chi connectivity index (χ4v) is 2.61. The number of nitrogen functional groups attached to an aromatic ring is 1. The Balaban J connectivity index is 2.12. The lowest BCUT2D eigenvalue weighted by Gasteiger charge is -2.21. The zero-order valence-electron chi connectivity index (χ0n) is 10.6. The number of hydrogen-bond acceptors (Lipinski definition) is 8. The van der Waals surface area contributed by atoms with Crippen molar-refractivity contribution in [1.82, 2.24) is 15.0 Å². The van der Waals surface area contributed by atoms with E-state index in [-0.39, 0.29) is 0 Å². The molecule has 0 radical (unpaired) electrons. The number of anilines is 2. The molecule has 8 heteroatoms. The number of hydrazine groups is 1. The smallest absolute Gasteiger partial charge is 0.242 e. The van der Waals surface area contributed by atoms with E-state index in [0.29, 0.717) is 22.3 Å². The third kappa shape index (κ3) is 3.44. The Morgan fingerprint density at radius 3 is 2.61 bits per heavy atom. The normalized spacial score (nSPS) is 16.6. The van der Waals surface area contributed by atoms with Crippen molar-refractivity contribution in [2.75, 3.05) is 37.6 Å². The molecule has 2 rings (SSSR count). The fourth-order valence-electron chi connectivity index (χ4n) is 1.61. The van der Waals surface area contributed by atoms with Gasteiger partial charge in [-0.25, -0.2) is 5.84 Å². The minimum absolute atomic E-state index is 0.392. The molecule has 0 amide bonds. The van der Waals surface area contributed by atoms with Gasteiger partial charge in [0.25, 0.3) is 0 Å². The number of rotatable bonds is 4. The molecule has 0 aliphatic carbocycles. The topological polar surface area (TPSA) is 89.2 Å². The first kappa shape index (κ1) is 13.3. The lowest BCUT2D eigenvalue weighted by molar-refractivity contribution is 0.1000. The molecule has 1 aromatic rings. The monoisotopic (exact) mass is 270 g/mol. The van der Waals surface area contributed by atoms with Crippen molar-refractivity contribution >= 4 is 23.7 Å². The maximum absolute atomic E-state index is 5.37. The average molecular weight is 270 g/mol. The van der Waals surface area contributed by atoms with Gasteiger partial charge in [0.1, 0.15) is 0 Å². The van der Waals surface area contributed by atoms with Gasteiger partial charge in [0, 0.05) is 32.6 Å². The van der Waals surface area contributed by atoms with Gasteiger partial charge in [0.2, 0.25) is 11.9 Å². The van der Waals surface area contributed by atoms with Gasteiger partial charge in [-0.2, -0.15) is 15.0 Å². The van der Waals surface area contributed by atoms with Crippen LogP contribution in [0.2, 0.25) is 0 Å². The minimum atomic E-state index is 0.392. The standard InChI is InChI=1S/C10H18N6OS/c1-16(2)9-12-8(15-11)13-10(14-9)18-7-3-5-17-6-4-7/h7H,3-6,11H2,1-2H3,(H,12,13,14,15). The lowest BCUT2D eigenvalue weighted by atomic mass is 10.2. The third-order valence-corrected chi connectivity index (χ3v) is 3.77. The zero-order chi connectivity index (χ0) is 13.0. The molecule has 0 saturated carbocycles. The first-order valence-corrected chi connectivity index (χ1v) is 6.71. The van der Waals surface area contributed by atoms with Crippen LogP contribution in [0.5, 0.6) is 0 Å². The summed E-state index contributed by atoms with van der Waals surface area (Å²) in [5, 5.41) is 1.20. The Labute approximate surface area is 110 Å². The SMILES string of the molecule is CN(C)c1nc(NN)nc(SC2CCOCC2)n1. The van der Waals surface area contributed by atoms with E-state index in [1.165, 1.54) is 0 Å². The van der Waals surface area contributed by atoms with E-state index in [4.69, 9.17) is 10.6 Å². The summed E-state index contributed by atoms with van der Waals surface area (Å²) in [5.74, 6) is 6.37.